The van der Waals surface area contributed by atoms with E-state index in [0.29, 0.717) is 37.5 Å². The van der Waals surface area contributed by atoms with E-state index in [-0.39, 0.29) is 25.7 Å². The van der Waals surface area contributed by atoms with Crippen LogP contribution < -0.4 is 0 Å². The fraction of sp³-hybridized carbons (Fsp3) is 0.941. The lowest BCUT2D eigenvalue weighted by atomic mass is 9.99. The van der Waals surface area contributed by atoms with Gasteiger partial charge in [0.25, 0.3) is 0 Å². The number of aliphatic hydroxyl groups excluding tert-OH is 1. The monoisotopic (exact) mass is 1280 g/mol. The molecule has 0 aliphatic carbocycles. The topological polar surface area (TPSA) is 237 Å². The van der Waals surface area contributed by atoms with Crippen LogP contribution in [0.25, 0.3) is 0 Å². The summed E-state index contributed by atoms with van der Waals surface area (Å²) in [6.07, 6.45) is 39.2. The molecule has 87 heavy (non-hydrogen) atoms. The molecule has 0 rings (SSSR count). The van der Waals surface area contributed by atoms with Gasteiger partial charge in [-0.1, -0.05) is 280 Å². The van der Waals surface area contributed by atoms with E-state index in [1.807, 2.05) is 0 Å². The molecular formula is C68H132O17P2. The largest absolute Gasteiger partial charge is 0.472 e. The van der Waals surface area contributed by atoms with Crippen molar-refractivity contribution in [1.29, 1.82) is 0 Å². The molecule has 0 aromatic rings. The third-order valence-electron chi connectivity index (χ3n) is 15.9. The first-order valence-corrected chi connectivity index (χ1v) is 38.2. The standard InChI is InChI=1S/C68H132O17P2/c1-9-61(8)47-39-31-21-18-19-22-32-40-48-65(70)78-54-64(85-68(73)51-43-35-27-25-30-38-46-60(6)7)57-83-87(76,77)81-53-62(69)52-80-86(74,75)82-56-63(55-79-66(71)49-41-33-26-24-29-37-45-59(4)5)84-67(72)50-42-34-23-17-15-13-11-10-12-14-16-20-28-36-44-58(2)3/h58-64,69H,9-57H2,1-8H3,(H,74,75)(H,76,77)/t61?,62-,63+,64+/m0/s1. The van der Waals surface area contributed by atoms with Crippen LogP contribution in [0.5, 0.6) is 0 Å². The SMILES string of the molecule is CCC(C)CCCCCCCCCCC(=O)OC[C@H](COP(=O)(O)OC[C@@H](O)COP(=O)(O)OC[C@@H](COC(=O)CCCCCCCCC(C)C)OC(=O)CCCCCCCCCCCCCCCCC(C)C)OC(=O)CCCCCCCCC(C)C. The van der Waals surface area contributed by atoms with Crippen LogP contribution in [0.15, 0.2) is 0 Å². The van der Waals surface area contributed by atoms with Crippen molar-refractivity contribution in [2.24, 2.45) is 23.7 Å². The molecule has 0 bridgehead atoms. The first-order chi connectivity index (χ1) is 41.6. The molecule has 17 nitrogen and oxygen atoms in total. The zero-order valence-corrected chi connectivity index (χ0v) is 58.4. The minimum atomic E-state index is -4.95. The Labute approximate surface area is 530 Å². The highest BCUT2D eigenvalue weighted by Gasteiger charge is 2.30. The highest BCUT2D eigenvalue weighted by molar-refractivity contribution is 7.47. The van der Waals surface area contributed by atoms with Crippen molar-refractivity contribution in [3.8, 4) is 0 Å². The van der Waals surface area contributed by atoms with Gasteiger partial charge in [-0.3, -0.25) is 37.3 Å². The van der Waals surface area contributed by atoms with Crippen LogP contribution >= 0.6 is 15.6 Å². The number of aliphatic hydroxyl groups is 1. The summed E-state index contributed by atoms with van der Waals surface area (Å²) >= 11 is 0. The van der Waals surface area contributed by atoms with Gasteiger partial charge in [-0.25, -0.2) is 9.13 Å². The van der Waals surface area contributed by atoms with Crippen molar-refractivity contribution in [2.75, 3.05) is 39.6 Å². The zero-order chi connectivity index (χ0) is 64.7. The first kappa shape index (κ1) is 85.1. The summed E-state index contributed by atoms with van der Waals surface area (Å²) < 4.78 is 68.1. The van der Waals surface area contributed by atoms with Crippen molar-refractivity contribution >= 4 is 39.5 Å². The molecule has 0 fully saturated rings. The van der Waals surface area contributed by atoms with Crippen molar-refractivity contribution in [3.63, 3.8) is 0 Å². The molecule has 3 N–H and O–H groups in total. The summed E-state index contributed by atoms with van der Waals surface area (Å²) in [5.41, 5.74) is 0. The average molecular weight is 1280 g/mol. The highest BCUT2D eigenvalue weighted by Crippen LogP contribution is 2.45. The molecule has 0 saturated carbocycles. The molecule has 0 radical (unpaired) electrons. The second kappa shape index (κ2) is 57.9. The first-order valence-electron chi connectivity index (χ1n) is 35.2. The Kier molecular flexibility index (Phi) is 56.6. The third-order valence-corrected chi connectivity index (χ3v) is 17.8. The summed E-state index contributed by atoms with van der Waals surface area (Å²) in [5.74, 6) is 0.783. The number of esters is 4. The van der Waals surface area contributed by atoms with Gasteiger partial charge in [-0.05, 0) is 49.4 Å². The number of rotatable bonds is 65. The molecule has 0 aromatic carbocycles. The molecule has 0 aromatic heterocycles. The average Bonchev–Trinajstić information content (AvgIpc) is 3.53. The van der Waals surface area contributed by atoms with Gasteiger partial charge in [-0.15, -0.1) is 0 Å². The fourth-order valence-corrected chi connectivity index (χ4v) is 11.7. The van der Waals surface area contributed by atoms with E-state index in [4.69, 9.17) is 37.0 Å². The molecule has 19 heteroatoms. The van der Waals surface area contributed by atoms with Gasteiger partial charge in [0.15, 0.2) is 12.2 Å². The predicted molar refractivity (Wildman–Crippen MR) is 349 cm³/mol. The van der Waals surface area contributed by atoms with Crippen molar-refractivity contribution in [2.45, 2.75) is 350 Å². The zero-order valence-electron chi connectivity index (χ0n) is 56.6. The van der Waals surface area contributed by atoms with Crippen LogP contribution in [0, 0.1) is 23.7 Å². The van der Waals surface area contributed by atoms with E-state index in [1.165, 1.54) is 128 Å². The predicted octanol–water partition coefficient (Wildman–Crippen LogP) is 18.9. The number of hydrogen-bond donors (Lipinski definition) is 3. The van der Waals surface area contributed by atoms with E-state index in [0.717, 1.165) is 108 Å². The maximum atomic E-state index is 13.0. The van der Waals surface area contributed by atoms with Crippen molar-refractivity contribution in [1.82, 2.24) is 0 Å². The number of phosphoric acid groups is 2. The van der Waals surface area contributed by atoms with E-state index in [1.54, 1.807) is 0 Å². The van der Waals surface area contributed by atoms with Crippen LogP contribution in [-0.4, -0.2) is 96.7 Å². The Morgan fingerprint density at radius 3 is 0.816 bits per heavy atom. The van der Waals surface area contributed by atoms with E-state index < -0.39 is 97.5 Å². The Balaban J connectivity index is 5.20. The second-order valence-electron chi connectivity index (χ2n) is 26.2. The van der Waals surface area contributed by atoms with Crippen LogP contribution in [-0.2, 0) is 65.4 Å². The van der Waals surface area contributed by atoms with Crippen LogP contribution in [0.4, 0.5) is 0 Å². The summed E-state index contributed by atoms with van der Waals surface area (Å²) in [5, 5.41) is 10.6. The maximum absolute atomic E-state index is 13.0. The minimum absolute atomic E-state index is 0.101. The molecule has 0 saturated heterocycles. The minimum Gasteiger partial charge on any atom is -0.462 e. The molecule has 0 aliphatic rings. The Hall–Kier alpha value is -1.94. The number of carbonyl (C=O) groups excluding carboxylic acids is 4. The normalized spacial score (nSPS) is 14.6. The Morgan fingerprint density at radius 2 is 0.552 bits per heavy atom. The molecule has 0 aliphatic heterocycles. The van der Waals surface area contributed by atoms with E-state index in [2.05, 4.69) is 55.4 Å². The van der Waals surface area contributed by atoms with Gasteiger partial charge in [-0.2, -0.15) is 0 Å². The van der Waals surface area contributed by atoms with Gasteiger partial charge in [0.2, 0.25) is 0 Å². The number of unbranched alkanes of at least 4 members (excludes halogenated alkanes) is 30. The lowest BCUT2D eigenvalue weighted by Gasteiger charge is -2.21. The molecule has 0 spiro atoms. The number of ether oxygens (including phenoxy) is 4. The van der Waals surface area contributed by atoms with E-state index in [9.17, 15) is 43.2 Å². The molecule has 6 atom stereocenters. The summed E-state index contributed by atoms with van der Waals surface area (Å²) in [6.45, 7) is 14.0. The van der Waals surface area contributed by atoms with Crippen LogP contribution in [0.2, 0.25) is 0 Å². The molecular weight excluding hydrogens is 1150 g/mol. The van der Waals surface area contributed by atoms with Gasteiger partial charge >= 0.3 is 39.5 Å². The molecule has 516 valence electrons. The summed E-state index contributed by atoms with van der Waals surface area (Å²) in [4.78, 5) is 72.3. The molecule has 0 heterocycles. The molecule has 3 unspecified atom stereocenters. The fourth-order valence-electron chi connectivity index (χ4n) is 10.1. The number of hydrogen-bond acceptors (Lipinski definition) is 15. The highest BCUT2D eigenvalue weighted by atomic mass is 31.2. The maximum Gasteiger partial charge on any atom is 0.472 e. The van der Waals surface area contributed by atoms with E-state index >= 15 is 0 Å². The number of phosphoric ester groups is 2. The van der Waals surface area contributed by atoms with Crippen molar-refractivity contribution in [3.05, 3.63) is 0 Å². The quantitative estimate of drug-likeness (QED) is 0.0222. The smallest absolute Gasteiger partial charge is 0.462 e. The van der Waals surface area contributed by atoms with Gasteiger partial charge in [0.1, 0.15) is 19.3 Å². The number of carbonyl (C=O) groups is 4. The van der Waals surface area contributed by atoms with Crippen molar-refractivity contribution < 1.29 is 80.2 Å². The van der Waals surface area contributed by atoms with Gasteiger partial charge < -0.3 is 33.8 Å². The van der Waals surface area contributed by atoms with Crippen LogP contribution in [0.3, 0.4) is 0 Å². The molecule has 0 amide bonds. The van der Waals surface area contributed by atoms with Gasteiger partial charge in [0.05, 0.1) is 26.4 Å². The third kappa shape index (κ3) is 61.3. The summed E-state index contributed by atoms with van der Waals surface area (Å²) in [7, 11) is -9.90. The second-order valence-corrected chi connectivity index (χ2v) is 29.1. The Morgan fingerprint density at radius 1 is 0.322 bits per heavy atom. The van der Waals surface area contributed by atoms with Gasteiger partial charge in [0, 0.05) is 25.7 Å². The summed E-state index contributed by atoms with van der Waals surface area (Å²) in [6, 6.07) is 0. The lowest BCUT2D eigenvalue weighted by molar-refractivity contribution is -0.161. The Bertz CT molecular complexity index is 1730. The van der Waals surface area contributed by atoms with Crippen LogP contribution in [0.1, 0.15) is 331 Å². The lowest BCUT2D eigenvalue weighted by Crippen LogP contribution is -2.30.